The summed E-state index contributed by atoms with van der Waals surface area (Å²) < 4.78 is 18.9. The van der Waals surface area contributed by atoms with E-state index >= 15 is 0 Å². The van der Waals surface area contributed by atoms with E-state index in [-0.39, 0.29) is 11.7 Å². The van der Waals surface area contributed by atoms with Gasteiger partial charge in [0.25, 0.3) is 5.91 Å². The number of ether oxygens (including phenoxy) is 1. The Morgan fingerprint density at radius 3 is 2.72 bits per heavy atom. The maximum absolute atomic E-state index is 13.7. The minimum Gasteiger partial charge on any atom is -0.496 e. The summed E-state index contributed by atoms with van der Waals surface area (Å²) in [5, 5.41) is 5.89. The highest BCUT2D eigenvalue weighted by atomic mass is 32.1. The molecule has 29 heavy (non-hydrogen) atoms. The van der Waals surface area contributed by atoms with Crippen molar-refractivity contribution in [2.45, 2.75) is 13.8 Å². The predicted molar refractivity (Wildman–Crippen MR) is 113 cm³/mol. The fraction of sp³-hybridized carbons (Fsp3) is 0.136. The molecule has 0 bridgehead atoms. The molecule has 0 fully saturated rings. The highest BCUT2D eigenvalue weighted by Crippen LogP contribution is 2.33. The second kappa shape index (κ2) is 7.60. The molecule has 0 atom stereocenters. The van der Waals surface area contributed by atoms with Crippen LogP contribution in [0.15, 0.2) is 47.8 Å². The van der Waals surface area contributed by atoms with Gasteiger partial charge in [0.15, 0.2) is 5.13 Å². The van der Waals surface area contributed by atoms with Crippen molar-refractivity contribution in [2.75, 3.05) is 12.4 Å². The molecule has 4 aromatic rings. The summed E-state index contributed by atoms with van der Waals surface area (Å²) in [7, 11) is 1.52. The fourth-order valence-electron chi connectivity index (χ4n) is 3.12. The summed E-state index contributed by atoms with van der Waals surface area (Å²) in [6.45, 7) is 3.80. The van der Waals surface area contributed by atoms with Crippen LogP contribution in [-0.4, -0.2) is 23.0 Å². The van der Waals surface area contributed by atoms with E-state index in [1.165, 1.54) is 30.6 Å². The van der Waals surface area contributed by atoms with Gasteiger partial charge in [-0.1, -0.05) is 11.6 Å². The molecule has 0 unspecified atom stereocenters. The zero-order valence-electron chi connectivity index (χ0n) is 16.1. The molecule has 0 radical (unpaired) electrons. The molecular weight excluding hydrogens is 389 g/mol. The zero-order valence-corrected chi connectivity index (χ0v) is 16.9. The van der Waals surface area contributed by atoms with Crippen molar-refractivity contribution < 1.29 is 13.9 Å². The van der Waals surface area contributed by atoms with Crippen LogP contribution in [0.5, 0.6) is 5.75 Å². The smallest absolute Gasteiger partial charge is 0.259 e. The first-order chi connectivity index (χ1) is 13.9. The van der Waals surface area contributed by atoms with Gasteiger partial charge in [0, 0.05) is 16.3 Å². The van der Waals surface area contributed by atoms with E-state index < -0.39 is 0 Å². The third-order valence-corrected chi connectivity index (χ3v) is 5.33. The number of thiazole rings is 1. The van der Waals surface area contributed by atoms with Crippen LogP contribution in [0.25, 0.3) is 22.2 Å². The van der Waals surface area contributed by atoms with Crippen LogP contribution in [0.2, 0.25) is 0 Å². The number of pyridine rings is 1. The van der Waals surface area contributed by atoms with Crippen LogP contribution in [0.3, 0.4) is 0 Å². The van der Waals surface area contributed by atoms with Crippen molar-refractivity contribution in [3.05, 3.63) is 70.5 Å². The Bertz CT molecular complexity index is 1240. The van der Waals surface area contributed by atoms with E-state index in [1.54, 1.807) is 18.4 Å². The number of rotatable bonds is 4. The number of amides is 1. The highest BCUT2D eigenvalue weighted by Gasteiger charge is 2.16. The number of hydrogen-bond donors (Lipinski definition) is 1. The van der Waals surface area contributed by atoms with Gasteiger partial charge in [-0.25, -0.2) is 9.37 Å². The number of benzene rings is 2. The van der Waals surface area contributed by atoms with Gasteiger partial charge in [0.1, 0.15) is 11.6 Å². The summed E-state index contributed by atoms with van der Waals surface area (Å²) in [4.78, 5) is 21.8. The zero-order chi connectivity index (χ0) is 20.5. The van der Waals surface area contributed by atoms with E-state index in [4.69, 9.17) is 4.74 Å². The van der Waals surface area contributed by atoms with Gasteiger partial charge in [-0.3, -0.25) is 15.1 Å². The van der Waals surface area contributed by atoms with Crippen LogP contribution in [-0.2, 0) is 0 Å². The molecule has 1 amide bonds. The van der Waals surface area contributed by atoms with Gasteiger partial charge in [0.05, 0.1) is 29.6 Å². The Kier molecular flexibility index (Phi) is 4.98. The van der Waals surface area contributed by atoms with E-state index in [0.717, 1.165) is 16.5 Å². The van der Waals surface area contributed by atoms with Crippen molar-refractivity contribution in [2.24, 2.45) is 0 Å². The minimum absolute atomic E-state index is 0.287. The van der Waals surface area contributed by atoms with E-state index in [9.17, 15) is 9.18 Å². The molecule has 146 valence electrons. The predicted octanol–water partition coefficient (Wildman–Crippen LogP) is 5.38. The van der Waals surface area contributed by atoms with Gasteiger partial charge < -0.3 is 4.74 Å². The molecule has 2 aromatic carbocycles. The first-order valence-corrected chi connectivity index (χ1v) is 9.81. The first-order valence-electron chi connectivity index (χ1n) is 8.93. The summed E-state index contributed by atoms with van der Waals surface area (Å²) in [5.41, 5.74) is 4.14. The summed E-state index contributed by atoms with van der Waals surface area (Å²) >= 11 is 1.26. The molecule has 0 spiro atoms. The number of fused-ring (bicyclic) bond motifs is 1. The Morgan fingerprint density at radius 1 is 1.10 bits per heavy atom. The number of carbonyl (C=O) groups is 1. The van der Waals surface area contributed by atoms with Crippen LogP contribution in [0.4, 0.5) is 9.52 Å². The standard InChI is InChI=1S/C22H18FN3O2S/c1-12-4-6-18-14(8-12)9-16(13(2)24-18)21(27)26-22-25-19(11-29-22)17-10-15(23)5-7-20(17)28-3/h4-11H,1-3H3,(H,25,26,27). The molecule has 2 aromatic heterocycles. The van der Waals surface area contributed by atoms with Crippen molar-refractivity contribution in [1.29, 1.82) is 0 Å². The number of nitrogens with one attached hydrogen (secondary N) is 1. The lowest BCUT2D eigenvalue weighted by molar-refractivity contribution is 0.102. The van der Waals surface area contributed by atoms with Crippen LogP contribution >= 0.6 is 11.3 Å². The number of methoxy groups -OCH3 is 1. The Hall–Kier alpha value is -3.32. The third-order valence-electron chi connectivity index (χ3n) is 4.57. The number of hydrogen-bond acceptors (Lipinski definition) is 5. The van der Waals surface area contributed by atoms with Gasteiger partial charge in [-0.15, -0.1) is 11.3 Å². The van der Waals surface area contributed by atoms with E-state index in [2.05, 4.69) is 15.3 Å². The summed E-state index contributed by atoms with van der Waals surface area (Å²) in [5.74, 6) is -0.155. The highest BCUT2D eigenvalue weighted by molar-refractivity contribution is 7.14. The van der Waals surface area contributed by atoms with Crippen LogP contribution < -0.4 is 10.1 Å². The third kappa shape index (κ3) is 3.82. The molecular formula is C22H18FN3O2S. The quantitative estimate of drug-likeness (QED) is 0.494. The number of nitrogens with zero attached hydrogens (tertiary/aromatic N) is 2. The van der Waals surface area contributed by atoms with Crippen LogP contribution in [0.1, 0.15) is 21.6 Å². The van der Waals surface area contributed by atoms with Gasteiger partial charge in [-0.05, 0) is 50.2 Å². The molecule has 1 N–H and O–H groups in total. The fourth-order valence-corrected chi connectivity index (χ4v) is 3.83. The number of aromatic nitrogens is 2. The molecule has 5 nitrogen and oxygen atoms in total. The lowest BCUT2D eigenvalue weighted by Crippen LogP contribution is -2.14. The maximum Gasteiger partial charge on any atom is 0.259 e. The van der Waals surface area contributed by atoms with Crippen molar-refractivity contribution in [1.82, 2.24) is 9.97 Å². The van der Waals surface area contributed by atoms with Crippen LogP contribution in [0, 0.1) is 19.7 Å². The molecule has 4 rings (SSSR count). The second-order valence-corrected chi connectivity index (χ2v) is 7.51. The van der Waals surface area contributed by atoms with Crippen molar-refractivity contribution >= 4 is 33.3 Å². The summed E-state index contributed by atoms with van der Waals surface area (Å²) in [6.07, 6.45) is 0. The minimum atomic E-state index is -0.382. The first kappa shape index (κ1) is 19.0. The van der Waals surface area contributed by atoms with Crippen molar-refractivity contribution in [3.63, 3.8) is 0 Å². The van der Waals surface area contributed by atoms with E-state index in [1.807, 2.05) is 31.2 Å². The molecule has 0 aliphatic heterocycles. The lowest BCUT2D eigenvalue weighted by atomic mass is 10.1. The normalized spacial score (nSPS) is 10.9. The molecule has 7 heteroatoms. The van der Waals surface area contributed by atoms with Crippen molar-refractivity contribution in [3.8, 4) is 17.0 Å². The maximum atomic E-state index is 13.7. The Morgan fingerprint density at radius 2 is 1.93 bits per heavy atom. The molecule has 0 saturated carbocycles. The SMILES string of the molecule is COc1ccc(F)cc1-c1csc(NC(=O)c2cc3cc(C)ccc3nc2C)n1. The lowest BCUT2D eigenvalue weighted by Gasteiger charge is -2.08. The van der Waals surface area contributed by atoms with Gasteiger partial charge in [-0.2, -0.15) is 0 Å². The number of carbonyl (C=O) groups excluding carboxylic acids is 1. The van der Waals surface area contributed by atoms with Gasteiger partial charge >= 0.3 is 0 Å². The Balaban J connectivity index is 1.63. The molecule has 2 heterocycles. The number of anilines is 1. The average molecular weight is 407 g/mol. The van der Waals surface area contributed by atoms with E-state index in [0.29, 0.717) is 33.4 Å². The largest absolute Gasteiger partial charge is 0.496 e. The monoisotopic (exact) mass is 407 g/mol. The molecule has 0 saturated heterocycles. The number of aryl methyl sites for hydroxylation is 2. The average Bonchev–Trinajstić information content (AvgIpc) is 3.16. The molecule has 0 aliphatic rings. The van der Waals surface area contributed by atoms with Gasteiger partial charge in [0.2, 0.25) is 0 Å². The second-order valence-electron chi connectivity index (χ2n) is 6.65. The Labute approximate surface area is 171 Å². The molecule has 0 aliphatic carbocycles. The summed E-state index contributed by atoms with van der Waals surface area (Å²) in [6, 6.07) is 12.0. The topological polar surface area (TPSA) is 64.1 Å². The number of halogens is 1.